The van der Waals surface area contributed by atoms with E-state index in [0.29, 0.717) is 92.8 Å². The fourth-order valence-corrected chi connectivity index (χ4v) is 8.91. The normalized spacial score (nSPS) is 17.7. The quantitative estimate of drug-likeness (QED) is 0.0313. The van der Waals surface area contributed by atoms with E-state index in [1.165, 1.54) is 18.2 Å². The number of hydrogen-bond acceptors (Lipinski definition) is 13. The van der Waals surface area contributed by atoms with Gasteiger partial charge in [0.1, 0.15) is 23.5 Å². The Bertz CT molecular complexity index is 2670. The Morgan fingerprint density at radius 3 is 2.26 bits per heavy atom. The minimum Gasteiger partial charge on any atom is -0.398 e. The average molecular weight is 964 g/mol. The third kappa shape index (κ3) is 11.9. The minimum absolute atomic E-state index is 0.0215. The van der Waals surface area contributed by atoms with E-state index in [0.717, 1.165) is 29.5 Å². The molecule has 6 amide bonds. The van der Waals surface area contributed by atoms with Crippen LogP contribution in [0.2, 0.25) is 0 Å². The minimum atomic E-state index is -1.03. The second kappa shape index (κ2) is 22.4. The van der Waals surface area contributed by atoms with E-state index in [2.05, 4.69) is 25.8 Å². The molecule has 0 saturated carbocycles. The van der Waals surface area contributed by atoms with E-state index in [9.17, 15) is 37.5 Å². The van der Waals surface area contributed by atoms with Crippen LogP contribution in [0.4, 0.5) is 31.5 Å². The number of hydrogen-bond donors (Lipinski definition) is 5. The summed E-state index contributed by atoms with van der Waals surface area (Å²) in [5.74, 6) is -4.31. The molecule has 0 bridgehead atoms. The highest BCUT2D eigenvalue weighted by Crippen LogP contribution is 2.31. The molecule has 368 valence electrons. The van der Waals surface area contributed by atoms with Crippen LogP contribution in [0.5, 0.6) is 0 Å². The van der Waals surface area contributed by atoms with Gasteiger partial charge in [0.25, 0.3) is 17.7 Å². The number of nitrogens with zero attached hydrogens (tertiary/aromatic N) is 4. The second-order valence-corrected chi connectivity index (χ2v) is 17.4. The molecular weight excluding hydrogens is 909 g/mol. The van der Waals surface area contributed by atoms with Crippen molar-refractivity contribution >= 4 is 64.0 Å². The summed E-state index contributed by atoms with van der Waals surface area (Å²) in [6.07, 6.45) is 2.05. The number of aliphatic imine (C=N–C) groups is 1. The second-order valence-electron chi connectivity index (χ2n) is 17.4. The number of nitrogens with two attached hydrogens (primary N) is 2. The Kier molecular flexibility index (Phi) is 15.7. The molecule has 4 aliphatic heterocycles. The van der Waals surface area contributed by atoms with Crippen LogP contribution in [-0.4, -0.2) is 136 Å². The van der Waals surface area contributed by atoms with E-state index < -0.39 is 47.2 Å². The fraction of sp³-hybridized carbons (Fsp3) is 0.380. The number of amidine groups is 1. The van der Waals surface area contributed by atoms with Crippen molar-refractivity contribution in [3.05, 3.63) is 118 Å². The van der Waals surface area contributed by atoms with Crippen molar-refractivity contribution in [2.45, 2.75) is 50.6 Å². The first-order valence-corrected chi connectivity index (χ1v) is 23.3. The molecule has 4 heterocycles. The number of piperazine rings is 1. The molecule has 3 saturated heterocycles. The molecule has 0 aromatic heterocycles. The van der Waals surface area contributed by atoms with E-state index in [1.807, 2.05) is 17.0 Å². The van der Waals surface area contributed by atoms with Crippen molar-refractivity contribution < 1.29 is 51.8 Å². The zero-order valence-electron chi connectivity index (χ0n) is 38.5. The Morgan fingerprint density at radius 2 is 1.51 bits per heavy atom. The molecule has 7 N–H and O–H groups in total. The number of carbonyl (C=O) groups is 6. The van der Waals surface area contributed by atoms with Gasteiger partial charge >= 0.3 is 0 Å². The summed E-state index contributed by atoms with van der Waals surface area (Å²) in [6, 6.07) is 17.6. The van der Waals surface area contributed by atoms with Crippen molar-refractivity contribution in [1.82, 2.24) is 15.1 Å². The largest absolute Gasteiger partial charge is 0.398 e. The fourth-order valence-electron chi connectivity index (χ4n) is 8.91. The molecule has 20 heteroatoms. The highest BCUT2D eigenvalue weighted by molar-refractivity contribution is 6.23. The highest BCUT2D eigenvalue weighted by Gasteiger charge is 2.44. The summed E-state index contributed by atoms with van der Waals surface area (Å²) in [5, 5.41) is 8.88. The number of ether oxygens (including phenoxy) is 3. The number of nitrogen functional groups attached to an aromatic ring is 1. The van der Waals surface area contributed by atoms with Crippen molar-refractivity contribution in [3.8, 4) is 0 Å². The summed E-state index contributed by atoms with van der Waals surface area (Å²) in [7, 11) is 0. The summed E-state index contributed by atoms with van der Waals surface area (Å²) in [5.41, 5.74) is 17.1. The first-order chi connectivity index (χ1) is 33.8. The molecular formula is C50H55F2N9O9. The first-order valence-electron chi connectivity index (χ1n) is 23.3. The van der Waals surface area contributed by atoms with Gasteiger partial charge in [-0.2, -0.15) is 4.99 Å². The van der Waals surface area contributed by atoms with Crippen LogP contribution < -0.4 is 32.3 Å². The number of anilines is 4. The number of benzene rings is 4. The number of fused-ring (bicyclic) bond motifs is 1. The number of amides is 6. The van der Waals surface area contributed by atoms with Crippen molar-refractivity contribution in [1.29, 1.82) is 0 Å². The highest BCUT2D eigenvalue weighted by atomic mass is 19.1. The van der Waals surface area contributed by atoms with Crippen molar-refractivity contribution in [2.75, 3.05) is 93.6 Å². The monoisotopic (exact) mass is 963 g/mol. The van der Waals surface area contributed by atoms with Gasteiger partial charge in [-0.3, -0.25) is 39.0 Å². The molecule has 8 rings (SSSR count). The van der Waals surface area contributed by atoms with Crippen molar-refractivity contribution in [2.24, 2.45) is 10.7 Å². The molecule has 70 heavy (non-hydrogen) atoms. The van der Waals surface area contributed by atoms with Gasteiger partial charge in [-0.1, -0.05) is 6.07 Å². The van der Waals surface area contributed by atoms with Gasteiger partial charge in [0, 0.05) is 92.8 Å². The Labute approximate surface area is 402 Å². The van der Waals surface area contributed by atoms with E-state index in [-0.39, 0.29) is 73.5 Å². The third-order valence-corrected chi connectivity index (χ3v) is 12.6. The molecule has 3 fully saturated rings. The molecule has 18 nitrogen and oxygen atoms in total. The van der Waals surface area contributed by atoms with E-state index >= 15 is 0 Å². The molecule has 0 radical (unpaired) electrons. The van der Waals surface area contributed by atoms with Gasteiger partial charge in [-0.25, -0.2) is 8.78 Å². The summed E-state index contributed by atoms with van der Waals surface area (Å²) in [6.45, 7) is 4.87. The smallest absolute Gasteiger partial charge is 0.281 e. The number of nitrogens with one attached hydrogen (secondary N) is 3. The van der Waals surface area contributed by atoms with Crippen LogP contribution in [0, 0.1) is 11.6 Å². The van der Waals surface area contributed by atoms with E-state index in [1.54, 1.807) is 36.4 Å². The third-order valence-electron chi connectivity index (χ3n) is 12.6. The van der Waals surface area contributed by atoms with Crippen LogP contribution in [0.1, 0.15) is 79.9 Å². The summed E-state index contributed by atoms with van der Waals surface area (Å²) >= 11 is 0. The van der Waals surface area contributed by atoms with Crippen LogP contribution in [0.3, 0.4) is 0 Å². The lowest BCUT2D eigenvalue weighted by Gasteiger charge is -2.36. The number of halogens is 2. The van der Waals surface area contributed by atoms with Gasteiger partial charge in [0.15, 0.2) is 0 Å². The SMILES string of the molecule is NC(=NC(=O)c1ccc(N2CCN(C(=O)CCOCCOCCNc3ccc4c(c3)C(=O)N(C3CCC(=O)NC3=O)C4=O)CC2)cc1NC1CCOCC1)c1cc(Cc2cc(F)cc(F)c2)ccc1N. The van der Waals surface area contributed by atoms with Gasteiger partial charge in [-0.15, -0.1) is 0 Å². The summed E-state index contributed by atoms with van der Waals surface area (Å²) in [4.78, 5) is 86.0. The summed E-state index contributed by atoms with van der Waals surface area (Å²) < 4.78 is 44.6. The molecule has 4 aromatic rings. The van der Waals surface area contributed by atoms with Gasteiger partial charge < -0.3 is 46.1 Å². The predicted molar refractivity (Wildman–Crippen MR) is 256 cm³/mol. The van der Waals surface area contributed by atoms with Crippen LogP contribution in [-0.2, 0) is 35.0 Å². The Morgan fingerprint density at radius 1 is 0.786 bits per heavy atom. The Balaban J connectivity index is 0.773. The van der Waals surface area contributed by atoms with Crippen molar-refractivity contribution in [3.63, 3.8) is 0 Å². The maximum Gasteiger partial charge on any atom is 0.281 e. The molecule has 0 aliphatic carbocycles. The standard InChI is InChI=1S/C50H55F2N9O9/c51-32-24-31(25-33(52)27-32)23-30-1-6-41(53)40(26-30)46(54)58-47(64)38-5-3-36(29-42(38)56-34-9-17-68-18-10-34)59-13-15-60(16-14-59)45(63)11-19-69-21-22-70-20-12-55-35-2-4-37-39(28-35)50(67)61(49(37)66)43-7-8-44(62)57-48(43)65/h1-6,24-29,34,43,55-56H,7-23,53H2,(H2,54,58,64)(H,57,62,65). The Hall–Kier alpha value is -7.29. The zero-order chi connectivity index (χ0) is 49.3. The maximum atomic E-state index is 13.9. The average Bonchev–Trinajstić information content (AvgIpc) is 3.58. The number of piperidine rings is 1. The lowest BCUT2D eigenvalue weighted by atomic mass is 10.0. The van der Waals surface area contributed by atoms with Crippen LogP contribution in [0.25, 0.3) is 0 Å². The number of rotatable bonds is 18. The molecule has 0 spiro atoms. The van der Waals surface area contributed by atoms with Crippen LogP contribution in [0.15, 0.2) is 77.8 Å². The van der Waals surface area contributed by atoms with Gasteiger partial charge in [0.2, 0.25) is 17.7 Å². The molecule has 4 aliphatic rings. The number of carbonyl (C=O) groups excluding carboxylic acids is 6. The zero-order valence-corrected chi connectivity index (χ0v) is 38.5. The van der Waals surface area contributed by atoms with Gasteiger partial charge in [0.05, 0.1) is 49.5 Å². The molecule has 4 aromatic carbocycles. The first kappa shape index (κ1) is 49.1. The van der Waals surface area contributed by atoms with Gasteiger partial charge in [-0.05, 0) is 97.5 Å². The number of imide groups is 2. The van der Waals surface area contributed by atoms with E-state index in [4.69, 9.17) is 25.7 Å². The maximum absolute atomic E-state index is 13.9. The topological polar surface area (TPSA) is 240 Å². The predicted octanol–water partition coefficient (Wildman–Crippen LogP) is 3.86. The lowest BCUT2D eigenvalue weighted by molar-refractivity contribution is -0.136. The molecule has 1 unspecified atom stereocenters. The lowest BCUT2D eigenvalue weighted by Crippen LogP contribution is -2.54. The molecule has 1 atom stereocenters. The van der Waals surface area contributed by atoms with Crippen LogP contribution >= 0.6 is 0 Å².